The number of hydrogen-bond acceptors (Lipinski definition) is 3. The topological polar surface area (TPSA) is 42.0 Å². The molecule has 1 aromatic heterocycles. The molecule has 2 aromatic carbocycles. The minimum atomic E-state index is -0.647. The first-order chi connectivity index (χ1) is 14.4. The average Bonchev–Trinajstić information content (AvgIpc) is 2.73. The predicted molar refractivity (Wildman–Crippen MR) is 116 cm³/mol. The molecule has 1 aliphatic rings. The lowest BCUT2D eigenvalue weighted by molar-refractivity contribution is 0.0892. The maximum atomic E-state index is 14.1. The van der Waals surface area contributed by atoms with Crippen LogP contribution >= 0.6 is 11.8 Å². The van der Waals surface area contributed by atoms with E-state index in [1.807, 2.05) is 24.3 Å². The third-order valence-corrected chi connectivity index (χ3v) is 7.04. The summed E-state index contributed by atoms with van der Waals surface area (Å²) in [6, 6.07) is 12.7. The van der Waals surface area contributed by atoms with Gasteiger partial charge in [0.25, 0.3) is 5.91 Å². The smallest absolute Gasteiger partial charge is 0.252 e. The number of rotatable bonds is 4. The molecule has 0 saturated heterocycles. The fourth-order valence-corrected chi connectivity index (χ4v) is 4.93. The summed E-state index contributed by atoms with van der Waals surface area (Å²) in [6.45, 7) is 4.43. The molecule has 6 heteroatoms. The van der Waals surface area contributed by atoms with Gasteiger partial charge in [0.15, 0.2) is 0 Å². The molecule has 1 fully saturated rings. The number of nitrogens with zero attached hydrogens (tertiary/aromatic N) is 1. The van der Waals surface area contributed by atoms with Gasteiger partial charge in [0.1, 0.15) is 16.7 Å². The van der Waals surface area contributed by atoms with Crippen LogP contribution in [0, 0.1) is 23.5 Å². The lowest BCUT2D eigenvalue weighted by atomic mass is 9.78. The number of nitrogens with one attached hydrogen (secondary N) is 1. The number of aromatic nitrogens is 1. The van der Waals surface area contributed by atoms with Gasteiger partial charge < -0.3 is 5.32 Å². The third kappa shape index (κ3) is 4.33. The van der Waals surface area contributed by atoms with Gasteiger partial charge in [0.2, 0.25) is 0 Å². The summed E-state index contributed by atoms with van der Waals surface area (Å²) >= 11 is 1.08. The fourth-order valence-electron chi connectivity index (χ4n) is 4.09. The number of carbonyl (C=O) groups excluding carboxylic acids is 1. The molecule has 1 aliphatic carbocycles. The van der Waals surface area contributed by atoms with Crippen LogP contribution in [0.2, 0.25) is 0 Å². The molecule has 1 amide bonds. The summed E-state index contributed by atoms with van der Waals surface area (Å²) in [5, 5.41) is 4.47. The van der Waals surface area contributed by atoms with Crippen molar-refractivity contribution in [2.45, 2.75) is 49.1 Å². The van der Waals surface area contributed by atoms with Gasteiger partial charge in [-0.1, -0.05) is 56.7 Å². The molecule has 0 spiro atoms. The van der Waals surface area contributed by atoms with Gasteiger partial charge in [-0.2, -0.15) is 0 Å². The number of benzene rings is 2. The molecule has 156 valence electrons. The molecule has 0 bridgehead atoms. The number of fused-ring (bicyclic) bond motifs is 1. The Kier molecular flexibility index (Phi) is 6.04. The van der Waals surface area contributed by atoms with E-state index in [0.29, 0.717) is 27.9 Å². The zero-order valence-electron chi connectivity index (χ0n) is 17.0. The van der Waals surface area contributed by atoms with Gasteiger partial charge in [-0.05, 0) is 42.5 Å². The standard InChI is InChI=1S/C24H24F2N2OS/c1-14-6-5-9-20(15(14)2)28-24(29)18-13-23(27-21-8-4-3-7-17(18)21)30-22-11-10-16(25)12-19(22)26/h3-4,7-8,10-15,20H,5-6,9H2,1-2H3,(H,28,29)/t14-,15+,20-/m1/s1. The van der Waals surface area contributed by atoms with Crippen molar-refractivity contribution in [1.29, 1.82) is 0 Å². The highest BCUT2D eigenvalue weighted by Crippen LogP contribution is 2.33. The lowest BCUT2D eigenvalue weighted by Crippen LogP contribution is -2.43. The zero-order valence-corrected chi connectivity index (χ0v) is 17.8. The van der Waals surface area contributed by atoms with Crippen molar-refractivity contribution < 1.29 is 13.6 Å². The van der Waals surface area contributed by atoms with Crippen molar-refractivity contribution in [1.82, 2.24) is 10.3 Å². The Morgan fingerprint density at radius 3 is 2.70 bits per heavy atom. The summed E-state index contributed by atoms with van der Waals surface area (Å²) < 4.78 is 27.4. The second kappa shape index (κ2) is 8.72. The largest absolute Gasteiger partial charge is 0.349 e. The summed E-state index contributed by atoms with van der Waals surface area (Å²) in [7, 11) is 0. The van der Waals surface area contributed by atoms with Crippen molar-refractivity contribution >= 4 is 28.6 Å². The van der Waals surface area contributed by atoms with E-state index in [0.717, 1.165) is 36.1 Å². The van der Waals surface area contributed by atoms with Crippen LogP contribution in [0.15, 0.2) is 58.5 Å². The van der Waals surface area contributed by atoms with E-state index in [2.05, 4.69) is 24.1 Å². The van der Waals surface area contributed by atoms with Crippen LogP contribution in [0.1, 0.15) is 43.5 Å². The minimum Gasteiger partial charge on any atom is -0.349 e. The average molecular weight is 427 g/mol. The summed E-state index contributed by atoms with van der Waals surface area (Å²) in [5.74, 6) is -0.421. The Labute approximate surface area is 179 Å². The molecule has 1 N–H and O–H groups in total. The van der Waals surface area contributed by atoms with Crippen LogP contribution in [-0.2, 0) is 0 Å². The van der Waals surface area contributed by atoms with Crippen molar-refractivity contribution in [3.8, 4) is 0 Å². The molecular formula is C24H24F2N2OS. The Morgan fingerprint density at radius 2 is 1.90 bits per heavy atom. The summed E-state index contributed by atoms with van der Waals surface area (Å²) in [4.78, 5) is 18.1. The van der Waals surface area contributed by atoms with Crippen molar-refractivity contribution in [3.63, 3.8) is 0 Å². The van der Waals surface area contributed by atoms with Crippen molar-refractivity contribution in [2.75, 3.05) is 0 Å². The highest BCUT2D eigenvalue weighted by atomic mass is 32.2. The first kappa shape index (κ1) is 20.8. The number of para-hydroxylation sites is 1. The Morgan fingerprint density at radius 1 is 1.10 bits per heavy atom. The predicted octanol–water partition coefficient (Wildman–Crippen LogP) is 6.22. The fraction of sp³-hybridized carbons (Fsp3) is 0.333. The van der Waals surface area contributed by atoms with E-state index in [1.165, 1.54) is 18.6 Å². The maximum Gasteiger partial charge on any atom is 0.252 e. The molecule has 0 aliphatic heterocycles. The number of carbonyl (C=O) groups is 1. The van der Waals surface area contributed by atoms with Gasteiger partial charge in [0, 0.05) is 22.4 Å². The number of hydrogen-bond donors (Lipinski definition) is 1. The van der Waals surface area contributed by atoms with E-state index in [4.69, 9.17) is 0 Å². The van der Waals surface area contributed by atoms with Crippen molar-refractivity contribution in [3.05, 3.63) is 65.7 Å². The first-order valence-corrected chi connectivity index (χ1v) is 11.1. The number of amides is 1. The third-order valence-electron chi connectivity index (χ3n) is 6.07. The van der Waals surface area contributed by atoms with Crippen LogP contribution in [0.25, 0.3) is 10.9 Å². The van der Waals surface area contributed by atoms with Gasteiger partial charge in [-0.15, -0.1) is 0 Å². The van der Waals surface area contributed by atoms with Crippen LogP contribution in [-0.4, -0.2) is 16.9 Å². The van der Waals surface area contributed by atoms with E-state index in [9.17, 15) is 13.6 Å². The Hall–Kier alpha value is -2.47. The molecular weight excluding hydrogens is 402 g/mol. The molecule has 1 saturated carbocycles. The molecule has 4 rings (SSSR count). The van der Waals surface area contributed by atoms with Crippen LogP contribution in [0.4, 0.5) is 8.78 Å². The van der Waals surface area contributed by atoms with E-state index in [1.54, 1.807) is 6.07 Å². The second-order valence-corrected chi connectivity index (χ2v) is 9.11. The molecule has 3 aromatic rings. The second-order valence-electron chi connectivity index (χ2n) is 8.05. The summed E-state index contributed by atoms with van der Waals surface area (Å²) in [5.41, 5.74) is 1.19. The van der Waals surface area contributed by atoms with Gasteiger partial charge in [-0.3, -0.25) is 4.79 Å². The normalized spacial score (nSPS) is 21.5. The van der Waals surface area contributed by atoms with Gasteiger partial charge in [0.05, 0.1) is 11.1 Å². The van der Waals surface area contributed by atoms with E-state index >= 15 is 0 Å². The zero-order chi connectivity index (χ0) is 21.3. The van der Waals surface area contributed by atoms with Crippen LogP contribution in [0.5, 0.6) is 0 Å². The van der Waals surface area contributed by atoms with E-state index in [-0.39, 0.29) is 16.8 Å². The minimum absolute atomic E-state index is 0.138. The molecule has 1 heterocycles. The molecule has 30 heavy (non-hydrogen) atoms. The number of pyridine rings is 1. The molecule has 0 radical (unpaired) electrons. The van der Waals surface area contributed by atoms with Gasteiger partial charge >= 0.3 is 0 Å². The first-order valence-electron chi connectivity index (χ1n) is 10.3. The molecule has 0 unspecified atom stereocenters. The van der Waals surface area contributed by atoms with Gasteiger partial charge in [-0.25, -0.2) is 13.8 Å². The van der Waals surface area contributed by atoms with Crippen LogP contribution < -0.4 is 5.32 Å². The maximum absolute atomic E-state index is 14.1. The number of halogens is 2. The van der Waals surface area contributed by atoms with Crippen molar-refractivity contribution in [2.24, 2.45) is 11.8 Å². The SMILES string of the molecule is C[C@H]1[C@H](C)CCC[C@H]1NC(=O)c1cc(Sc2ccc(F)cc2F)nc2ccccc12. The summed E-state index contributed by atoms with van der Waals surface area (Å²) in [6.07, 6.45) is 3.27. The van der Waals surface area contributed by atoms with Crippen LogP contribution in [0.3, 0.4) is 0 Å². The van der Waals surface area contributed by atoms with E-state index < -0.39 is 11.6 Å². The Bertz CT molecular complexity index is 1090. The molecule has 3 atom stereocenters. The monoisotopic (exact) mass is 426 g/mol. The highest BCUT2D eigenvalue weighted by Gasteiger charge is 2.29. The highest BCUT2D eigenvalue weighted by molar-refractivity contribution is 7.99. The Balaban J connectivity index is 1.67. The lowest BCUT2D eigenvalue weighted by Gasteiger charge is -2.34. The molecule has 3 nitrogen and oxygen atoms in total. The quantitative estimate of drug-likeness (QED) is 0.539.